The van der Waals surface area contributed by atoms with Crippen molar-refractivity contribution in [3.63, 3.8) is 0 Å². The van der Waals surface area contributed by atoms with Crippen molar-refractivity contribution >= 4 is 23.9 Å². The van der Waals surface area contributed by atoms with Crippen LogP contribution in [0.2, 0.25) is 0 Å². The molecule has 0 aliphatic carbocycles. The summed E-state index contributed by atoms with van der Waals surface area (Å²) in [7, 11) is 5.80. The van der Waals surface area contributed by atoms with Crippen molar-refractivity contribution in [2.45, 2.75) is 19.8 Å². The van der Waals surface area contributed by atoms with Gasteiger partial charge in [-0.25, -0.2) is 4.79 Å². The summed E-state index contributed by atoms with van der Waals surface area (Å²) in [5.74, 6) is -1.34. The fourth-order valence-corrected chi connectivity index (χ4v) is 1.78. The van der Waals surface area contributed by atoms with E-state index in [0.717, 1.165) is 17.7 Å². The number of hydrogen-bond donors (Lipinski definition) is 0. The van der Waals surface area contributed by atoms with Crippen LogP contribution in [0, 0.1) is 0 Å². The fraction of sp³-hybridized carbons (Fsp3) is 0.765. The lowest BCUT2D eigenvalue weighted by Crippen LogP contribution is -2.45. The average molecular weight is 389 g/mol. The van der Waals surface area contributed by atoms with E-state index in [2.05, 4.69) is 0 Å². The second-order valence-corrected chi connectivity index (χ2v) is 6.04. The molecular weight excluding hydrogens is 358 g/mol. The molecule has 0 fully saturated rings. The molecule has 0 saturated heterocycles. The second-order valence-electron chi connectivity index (χ2n) is 6.04. The molecule has 0 aromatic rings. The molecular formula is C17H31N3O7. The Kier molecular flexibility index (Phi) is 12.6. The first-order valence-corrected chi connectivity index (χ1v) is 8.73. The molecule has 10 nitrogen and oxygen atoms in total. The van der Waals surface area contributed by atoms with Gasteiger partial charge in [0.15, 0.2) is 0 Å². The first-order chi connectivity index (χ1) is 12.7. The zero-order valence-corrected chi connectivity index (χ0v) is 16.9. The third kappa shape index (κ3) is 11.1. The number of esters is 1. The van der Waals surface area contributed by atoms with Crippen LogP contribution < -0.4 is 0 Å². The number of amides is 3. The third-order valence-electron chi connectivity index (χ3n) is 3.55. The molecule has 0 N–H and O–H groups in total. The fourth-order valence-electron chi connectivity index (χ4n) is 1.78. The van der Waals surface area contributed by atoms with Crippen molar-refractivity contribution in [3.05, 3.63) is 0 Å². The van der Waals surface area contributed by atoms with Gasteiger partial charge in [-0.3, -0.25) is 14.4 Å². The summed E-state index contributed by atoms with van der Waals surface area (Å²) in [6.45, 7) is 2.00. The molecule has 0 radical (unpaired) electrons. The van der Waals surface area contributed by atoms with Gasteiger partial charge < -0.3 is 28.9 Å². The molecule has 0 rings (SSSR count). The Morgan fingerprint density at radius 2 is 1.30 bits per heavy atom. The molecule has 156 valence electrons. The van der Waals surface area contributed by atoms with Crippen LogP contribution in [0.3, 0.4) is 0 Å². The Balaban J connectivity index is 4.30. The summed E-state index contributed by atoms with van der Waals surface area (Å²) in [5.41, 5.74) is 0. The Labute approximate surface area is 160 Å². The van der Waals surface area contributed by atoms with Crippen molar-refractivity contribution in [2.24, 2.45) is 0 Å². The van der Waals surface area contributed by atoms with Crippen LogP contribution >= 0.6 is 0 Å². The zero-order valence-electron chi connectivity index (χ0n) is 16.9. The van der Waals surface area contributed by atoms with Crippen LogP contribution in [0.4, 0.5) is 4.79 Å². The van der Waals surface area contributed by atoms with E-state index in [-0.39, 0.29) is 32.8 Å². The second kappa shape index (κ2) is 13.8. The molecule has 0 bridgehead atoms. The van der Waals surface area contributed by atoms with Gasteiger partial charge in [-0.1, -0.05) is 13.3 Å². The van der Waals surface area contributed by atoms with Crippen LogP contribution in [-0.2, 0) is 28.6 Å². The lowest BCUT2D eigenvalue weighted by atomic mass is 10.4. The molecule has 27 heavy (non-hydrogen) atoms. The predicted molar refractivity (Wildman–Crippen MR) is 97.0 cm³/mol. The van der Waals surface area contributed by atoms with Crippen molar-refractivity contribution in [3.8, 4) is 0 Å². The Hall–Kier alpha value is -2.36. The SMILES string of the molecule is CCCCOC(=O)CN(C)C(=O)CN(C)C(=O)CN(C)C(=O)OCCOC. The summed E-state index contributed by atoms with van der Waals surface area (Å²) < 4.78 is 14.7. The highest BCUT2D eigenvalue weighted by Crippen LogP contribution is 1.97. The number of methoxy groups -OCH3 is 1. The van der Waals surface area contributed by atoms with Gasteiger partial charge in [0, 0.05) is 28.3 Å². The Bertz CT molecular complexity index is 499. The molecule has 0 atom stereocenters. The van der Waals surface area contributed by atoms with Crippen molar-refractivity contribution in [1.82, 2.24) is 14.7 Å². The maximum absolute atomic E-state index is 12.1. The van der Waals surface area contributed by atoms with Crippen molar-refractivity contribution in [2.75, 3.05) is 67.7 Å². The van der Waals surface area contributed by atoms with Crippen LogP contribution in [0.15, 0.2) is 0 Å². The normalized spacial score (nSPS) is 10.1. The largest absolute Gasteiger partial charge is 0.464 e. The van der Waals surface area contributed by atoms with E-state index in [1.54, 1.807) is 0 Å². The first-order valence-electron chi connectivity index (χ1n) is 8.73. The zero-order chi connectivity index (χ0) is 20.8. The number of rotatable bonds is 12. The summed E-state index contributed by atoms with van der Waals surface area (Å²) in [5, 5.41) is 0. The molecule has 10 heteroatoms. The lowest BCUT2D eigenvalue weighted by molar-refractivity contribution is -0.149. The quantitative estimate of drug-likeness (QED) is 0.341. The average Bonchev–Trinajstić information content (AvgIpc) is 2.61. The smallest absolute Gasteiger partial charge is 0.410 e. The van der Waals surface area contributed by atoms with E-state index in [9.17, 15) is 19.2 Å². The molecule has 0 aromatic carbocycles. The van der Waals surface area contributed by atoms with E-state index in [1.807, 2.05) is 6.92 Å². The van der Waals surface area contributed by atoms with E-state index in [4.69, 9.17) is 14.2 Å². The van der Waals surface area contributed by atoms with E-state index in [0.29, 0.717) is 6.61 Å². The molecule has 0 aromatic heterocycles. The number of likely N-dealkylation sites (N-methyl/N-ethyl adjacent to an activating group) is 3. The molecule has 0 heterocycles. The number of nitrogens with zero attached hydrogens (tertiary/aromatic N) is 3. The van der Waals surface area contributed by atoms with Gasteiger partial charge in [0.25, 0.3) is 0 Å². The number of ether oxygens (including phenoxy) is 3. The Morgan fingerprint density at radius 3 is 1.85 bits per heavy atom. The van der Waals surface area contributed by atoms with Gasteiger partial charge in [-0.05, 0) is 6.42 Å². The number of carbonyl (C=O) groups excluding carboxylic acids is 4. The molecule has 0 aliphatic rings. The van der Waals surface area contributed by atoms with Crippen LogP contribution in [-0.4, -0.2) is 106 Å². The van der Waals surface area contributed by atoms with Gasteiger partial charge in [0.1, 0.15) is 19.7 Å². The molecule has 0 saturated carbocycles. The van der Waals surface area contributed by atoms with Gasteiger partial charge in [-0.15, -0.1) is 0 Å². The summed E-state index contributed by atoms with van der Waals surface area (Å²) in [6.07, 6.45) is 1.01. The summed E-state index contributed by atoms with van der Waals surface area (Å²) in [4.78, 5) is 51.0. The van der Waals surface area contributed by atoms with E-state index < -0.39 is 23.9 Å². The highest BCUT2D eigenvalue weighted by molar-refractivity contribution is 5.88. The van der Waals surface area contributed by atoms with Crippen molar-refractivity contribution < 1.29 is 33.4 Å². The minimum absolute atomic E-state index is 0.0847. The minimum Gasteiger partial charge on any atom is -0.464 e. The van der Waals surface area contributed by atoms with Gasteiger partial charge >= 0.3 is 12.1 Å². The lowest BCUT2D eigenvalue weighted by Gasteiger charge is -2.23. The third-order valence-corrected chi connectivity index (χ3v) is 3.55. The predicted octanol–water partition coefficient (Wildman–Crippen LogP) is -0.0387. The number of carbonyl (C=O) groups is 4. The standard InChI is InChI=1S/C17H31N3O7/c1-6-7-8-26-16(23)13-19(3)14(21)11-18(2)15(22)12-20(4)17(24)27-10-9-25-5/h6-13H2,1-5H3. The van der Waals surface area contributed by atoms with Gasteiger partial charge in [-0.2, -0.15) is 0 Å². The molecule has 0 unspecified atom stereocenters. The van der Waals surface area contributed by atoms with Gasteiger partial charge in [0.05, 0.1) is 19.8 Å². The molecule has 0 spiro atoms. The maximum Gasteiger partial charge on any atom is 0.410 e. The highest BCUT2D eigenvalue weighted by atomic mass is 16.6. The topological polar surface area (TPSA) is 106 Å². The summed E-state index contributed by atoms with van der Waals surface area (Å²) >= 11 is 0. The van der Waals surface area contributed by atoms with Crippen LogP contribution in [0.25, 0.3) is 0 Å². The van der Waals surface area contributed by atoms with Crippen LogP contribution in [0.5, 0.6) is 0 Å². The Morgan fingerprint density at radius 1 is 0.741 bits per heavy atom. The van der Waals surface area contributed by atoms with E-state index >= 15 is 0 Å². The minimum atomic E-state index is -0.660. The summed E-state index contributed by atoms with van der Waals surface area (Å²) in [6, 6.07) is 0. The molecule has 3 amide bonds. The number of unbranched alkanes of at least 4 members (excludes halogenated alkanes) is 1. The molecule has 0 aliphatic heterocycles. The van der Waals surface area contributed by atoms with E-state index in [1.165, 1.54) is 38.1 Å². The van der Waals surface area contributed by atoms with Crippen LogP contribution in [0.1, 0.15) is 19.8 Å². The van der Waals surface area contributed by atoms with Gasteiger partial charge in [0.2, 0.25) is 11.8 Å². The highest BCUT2D eigenvalue weighted by Gasteiger charge is 2.21. The maximum atomic E-state index is 12.1. The number of hydrogen-bond acceptors (Lipinski definition) is 7. The first kappa shape index (κ1) is 24.6. The monoisotopic (exact) mass is 389 g/mol. The van der Waals surface area contributed by atoms with Crippen molar-refractivity contribution in [1.29, 1.82) is 0 Å².